The number of nitrogens with one attached hydrogen (secondary N) is 2. The van der Waals surface area contributed by atoms with Crippen molar-refractivity contribution in [3.8, 4) is 0 Å². The van der Waals surface area contributed by atoms with Crippen LogP contribution in [0, 0.1) is 0 Å². The van der Waals surface area contributed by atoms with Crippen LogP contribution >= 0.6 is 11.3 Å². The number of thiazole rings is 1. The molecule has 1 atom stereocenters. The van der Waals surface area contributed by atoms with Crippen molar-refractivity contribution in [1.29, 1.82) is 0 Å². The average Bonchev–Trinajstić information content (AvgIpc) is 2.69. The van der Waals surface area contributed by atoms with Crippen LogP contribution in [0.2, 0.25) is 0 Å². The third-order valence-corrected chi connectivity index (χ3v) is 2.52. The predicted octanol–water partition coefficient (Wildman–Crippen LogP) is 1.52. The number of carboxylic acids is 1. The zero-order chi connectivity index (χ0) is 12.0. The number of hydrogen-bond acceptors (Lipinski definition) is 4. The van der Waals surface area contributed by atoms with Gasteiger partial charge in [-0.25, -0.2) is 14.6 Å². The van der Waals surface area contributed by atoms with Crippen molar-refractivity contribution < 1.29 is 14.7 Å². The Balaban J connectivity index is 2.45. The maximum absolute atomic E-state index is 11.4. The van der Waals surface area contributed by atoms with Crippen molar-refractivity contribution >= 4 is 28.5 Å². The summed E-state index contributed by atoms with van der Waals surface area (Å²) in [7, 11) is 0. The minimum atomic E-state index is -1.03. The molecule has 2 amide bonds. The molecule has 0 bridgehead atoms. The number of hydrogen-bond donors (Lipinski definition) is 3. The van der Waals surface area contributed by atoms with Gasteiger partial charge in [0.05, 0.1) is 0 Å². The van der Waals surface area contributed by atoms with E-state index in [-0.39, 0.29) is 0 Å². The normalized spacial score (nSPS) is 11.8. The number of urea groups is 1. The lowest BCUT2D eigenvalue weighted by Gasteiger charge is -2.13. The van der Waals surface area contributed by atoms with Crippen LogP contribution in [0.5, 0.6) is 0 Å². The van der Waals surface area contributed by atoms with Crippen LogP contribution in [0.3, 0.4) is 0 Å². The lowest BCUT2D eigenvalue weighted by atomic mass is 10.2. The summed E-state index contributed by atoms with van der Waals surface area (Å²) in [6, 6.07) is -1.40. The smallest absolute Gasteiger partial charge is 0.326 e. The molecule has 0 saturated heterocycles. The van der Waals surface area contributed by atoms with Crippen molar-refractivity contribution in [2.75, 3.05) is 5.32 Å². The number of rotatable bonds is 5. The topological polar surface area (TPSA) is 91.3 Å². The number of carboxylic acid groups (broad SMARTS) is 1. The lowest BCUT2D eigenvalue weighted by molar-refractivity contribution is -0.139. The molecule has 16 heavy (non-hydrogen) atoms. The van der Waals surface area contributed by atoms with Crippen LogP contribution in [-0.4, -0.2) is 28.1 Å². The maximum atomic E-state index is 11.4. The van der Waals surface area contributed by atoms with E-state index >= 15 is 0 Å². The summed E-state index contributed by atoms with van der Waals surface area (Å²) in [5.74, 6) is -1.03. The highest BCUT2D eigenvalue weighted by Gasteiger charge is 2.18. The highest BCUT2D eigenvalue weighted by atomic mass is 32.1. The van der Waals surface area contributed by atoms with Gasteiger partial charge in [-0.05, 0) is 6.42 Å². The second kappa shape index (κ2) is 6.06. The molecular formula is C9H13N3O3S. The Morgan fingerprint density at radius 1 is 1.62 bits per heavy atom. The molecular weight excluding hydrogens is 230 g/mol. The Morgan fingerprint density at radius 3 is 2.88 bits per heavy atom. The van der Waals surface area contributed by atoms with Crippen molar-refractivity contribution in [2.45, 2.75) is 25.8 Å². The van der Waals surface area contributed by atoms with Gasteiger partial charge in [0.15, 0.2) is 5.13 Å². The van der Waals surface area contributed by atoms with Crippen LogP contribution in [0.1, 0.15) is 19.8 Å². The molecule has 0 radical (unpaired) electrons. The molecule has 1 aromatic rings. The minimum absolute atomic E-state index is 0.403. The summed E-state index contributed by atoms with van der Waals surface area (Å²) < 4.78 is 0. The van der Waals surface area contributed by atoms with E-state index in [1.807, 2.05) is 6.92 Å². The SMILES string of the molecule is CCC[C@@H](NC(=O)Nc1nccs1)C(=O)O. The van der Waals surface area contributed by atoms with Gasteiger partial charge in [0.1, 0.15) is 6.04 Å². The van der Waals surface area contributed by atoms with Crippen LogP contribution in [0.4, 0.5) is 9.93 Å². The number of carbonyl (C=O) groups excluding carboxylic acids is 1. The Labute approximate surface area is 96.7 Å². The summed E-state index contributed by atoms with van der Waals surface area (Å²) in [5, 5.41) is 15.8. The summed E-state index contributed by atoms with van der Waals surface area (Å²) in [4.78, 5) is 26.0. The first kappa shape index (κ1) is 12.4. The number of aromatic nitrogens is 1. The summed E-state index contributed by atoms with van der Waals surface area (Å²) in [6.07, 6.45) is 2.65. The molecule has 0 aliphatic heterocycles. The Kier molecular flexibility index (Phi) is 4.71. The molecule has 0 fully saturated rings. The van der Waals surface area contributed by atoms with Gasteiger partial charge in [0.25, 0.3) is 0 Å². The van der Waals surface area contributed by atoms with Crippen LogP contribution in [-0.2, 0) is 4.79 Å². The predicted molar refractivity (Wildman–Crippen MR) is 60.6 cm³/mol. The van der Waals surface area contributed by atoms with E-state index in [0.717, 1.165) is 0 Å². The molecule has 0 aliphatic rings. The summed E-state index contributed by atoms with van der Waals surface area (Å²) >= 11 is 1.27. The largest absolute Gasteiger partial charge is 0.480 e. The first-order valence-corrected chi connectivity index (χ1v) is 5.71. The van der Waals surface area contributed by atoms with E-state index in [1.165, 1.54) is 11.3 Å². The fourth-order valence-electron chi connectivity index (χ4n) is 1.12. The number of anilines is 1. The monoisotopic (exact) mass is 243 g/mol. The third-order valence-electron chi connectivity index (χ3n) is 1.83. The zero-order valence-electron chi connectivity index (χ0n) is 8.77. The van der Waals surface area contributed by atoms with Gasteiger partial charge in [-0.3, -0.25) is 5.32 Å². The molecule has 0 saturated carbocycles. The van der Waals surface area contributed by atoms with E-state index in [4.69, 9.17) is 5.11 Å². The third kappa shape index (κ3) is 3.85. The molecule has 7 heteroatoms. The average molecular weight is 243 g/mol. The second-order valence-corrected chi connectivity index (χ2v) is 4.01. The Morgan fingerprint density at radius 2 is 2.38 bits per heavy atom. The minimum Gasteiger partial charge on any atom is -0.480 e. The lowest BCUT2D eigenvalue weighted by Crippen LogP contribution is -2.42. The molecule has 88 valence electrons. The molecule has 3 N–H and O–H groups in total. The molecule has 1 heterocycles. The van der Waals surface area contributed by atoms with Gasteiger partial charge >= 0.3 is 12.0 Å². The summed E-state index contributed by atoms with van der Waals surface area (Å²) in [5.41, 5.74) is 0. The molecule has 1 aromatic heterocycles. The second-order valence-electron chi connectivity index (χ2n) is 3.12. The van der Waals surface area contributed by atoms with E-state index in [0.29, 0.717) is 18.0 Å². The van der Waals surface area contributed by atoms with Crippen molar-refractivity contribution in [3.05, 3.63) is 11.6 Å². The molecule has 0 aromatic carbocycles. The highest BCUT2D eigenvalue weighted by molar-refractivity contribution is 7.13. The molecule has 1 rings (SSSR count). The van der Waals surface area contributed by atoms with Crippen LogP contribution in [0.25, 0.3) is 0 Å². The van der Waals surface area contributed by atoms with E-state index in [1.54, 1.807) is 11.6 Å². The van der Waals surface area contributed by atoms with Gasteiger partial charge in [-0.1, -0.05) is 13.3 Å². The quantitative estimate of drug-likeness (QED) is 0.731. The molecule has 0 unspecified atom stereocenters. The van der Waals surface area contributed by atoms with E-state index in [2.05, 4.69) is 15.6 Å². The fourth-order valence-corrected chi connectivity index (χ4v) is 1.65. The van der Waals surface area contributed by atoms with Crippen LogP contribution in [0.15, 0.2) is 11.6 Å². The molecule has 6 nitrogen and oxygen atoms in total. The Bertz CT molecular complexity index is 353. The highest BCUT2D eigenvalue weighted by Crippen LogP contribution is 2.09. The van der Waals surface area contributed by atoms with Crippen LogP contribution < -0.4 is 10.6 Å². The first-order valence-electron chi connectivity index (χ1n) is 4.83. The molecule has 0 aliphatic carbocycles. The number of carbonyl (C=O) groups is 2. The standard InChI is InChI=1S/C9H13N3O3S/c1-2-3-6(7(13)14)11-8(15)12-9-10-4-5-16-9/h4-6H,2-3H2,1H3,(H,13,14)(H2,10,11,12,15)/t6-/m1/s1. The van der Waals surface area contributed by atoms with Crippen molar-refractivity contribution in [1.82, 2.24) is 10.3 Å². The number of aliphatic carboxylic acids is 1. The maximum Gasteiger partial charge on any atom is 0.326 e. The van der Waals surface area contributed by atoms with Gasteiger partial charge in [-0.2, -0.15) is 0 Å². The summed E-state index contributed by atoms with van der Waals surface area (Å²) in [6.45, 7) is 1.86. The van der Waals surface area contributed by atoms with Gasteiger partial charge < -0.3 is 10.4 Å². The van der Waals surface area contributed by atoms with Gasteiger partial charge in [0.2, 0.25) is 0 Å². The first-order chi connectivity index (χ1) is 7.63. The number of amides is 2. The van der Waals surface area contributed by atoms with E-state index < -0.39 is 18.0 Å². The van der Waals surface area contributed by atoms with Gasteiger partial charge in [-0.15, -0.1) is 11.3 Å². The zero-order valence-corrected chi connectivity index (χ0v) is 9.58. The van der Waals surface area contributed by atoms with E-state index in [9.17, 15) is 9.59 Å². The fraction of sp³-hybridized carbons (Fsp3) is 0.444. The van der Waals surface area contributed by atoms with Gasteiger partial charge in [0, 0.05) is 11.6 Å². The number of nitrogens with zero attached hydrogens (tertiary/aromatic N) is 1. The van der Waals surface area contributed by atoms with Crippen molar-refractivity contribution in [2.24, 2.45) is 0 Å². The Hall–Kier alpha value is -1.63. The van der Waals surface area contributed by atoms with Crippen molar-refractivity contribution in [3.63, 3.8) is 0 Å². The molecule has 0 spiro atoms.